The number of nitrogen functional groups attached to an aromatic ring is 1. The topological polar surface area (TPSA) is 101 Å². The van der Waals surface area contributed by atoms with Crippen molar-refractivity contribution >= 4 is 40.6 Å². The molecule has 0 unspecified atom stereocenters. The van der Waals surface area contributed by atoms with Gasteiger partial charge in [-0.05, 0) is 60.0 Å². The number of anilines is 7. The van der Waals surface area contributed by atoms with Crippen LogP contribution in [0.25, 0.3) is 0 Å². The quantitative estimate of drug-likeness (QED) is 0.285. The summed E-state index contributed by atoms with van der Waals surface area (Å²) in [5.41, 5.74) is 10.4. The Kier molecular flexibility index (Phi) is 5.93. The third kappa shape index (κ3) is 5.48. The summed E-state index contributed by atoms with van der Waals surface area (Å²) in [7, 11) is 0. The smallest absolute Gasteiger partial charge is 0.233 e. The molecule has 0 saturated carbocycles. The second-order valence-corrected chi connectivity index (χ2v) is 7.45. The average molecular weight is 412 g/mol. The van der Waals surface area contributed by atoms with E-state index < -0.39 is 0 Å². The van der Waals surface area contributed by atoms with Gasteiger partial charge in [-0.15, -0.1) is 0 Å². The van der Waals surface area contributed by atoms with Crippen molar-refractivity contribution in [3.05, 3.63) is 84.4 Å². The summed E-state index contributed by atoms with van der Waals surface area (Å²) in [6.45, 7) is 4.34. The van der Waals surface area contributed by atoms with Crippen molar-refractivity contribution < 1.29 is 0 Å². The minimum Gasteiger partial charge on any atom is -0.399 e. The van der Waals surface area contributed by atoms with Crippen molar-refractivity contribution in [3.63, 3.8) is 0 Å². The fourth-order valence-electron chi connectivity index (χ4n) is 2.97. The molecular weight excluding hydrogens is 386 g/mol. The number of rotatable bonds is 7. The summed E-state index contributed by atoms with van der Waals surface area (Å²) < 4.78 is 0. The molecule has 0 aliphatic rings. The number of aromatic nitrogens is 3. The van der Waals surface area contributed by atoms with E-state index in [1.54, 1.807) is 0 Å². The lowest BCUT2D eigenvalue weighted by atomic mass is 10.0. The highest BCUT2D eigenvalue weighted by Crippen LogP contribution is 2.23. The maximum absolute atomic E-state index is 5.78. The van der Waals surface area contributed by atoms with Crippen molar-refractivity contribution in [2.75, 3.05) is 21.7 Å². The minimum absolute atomic E-state index is 0.416. The summed E-state index contributed by atoms with van der Waals surface area (Å²) in [5, 5.41) is 9.71. The number of benzene rings is 3. The fraction of sp³-hybridized carbons (Fsp3) is 0.125. The van der Waals surface area contributed by atoms with E-state index in [1.807, 2.05) is 66.7 Å². The molecule has 1 aromatic heterocycles. The monoisotopic (exact) mass is 411 g/mol. The molecule has 0 aliphatic carbocycles. The van der Waals surface area contributed by atoms with Gasteiger partial charge in [0.25, 0.3) is 0 Å². The van der Waals surface area contributed by atoms with Gasteiger partial charge in [-0.1, -0.05) is 44.2 Å². The zero-order valence-corrected chi connectivity index (χ0v) is 17.5. The molecule has 0 amide bonds. The van der Waals surface area contributed by atoms with E-state index in [-0.39, 0.29) is 0 Å². The summed E-state index contributed by atoms with van der Waals surface area (Å²) >= 11 is 0. The van der Waals surface area contributed by atoms with E-state index in [1.165, 1.54) is 5.56 Å². The molecule has 0 atom stereocenters. The number of nitrogens with two attached hydrogens (primary N) is 1. The van der Waals surface area contributed by atoms with Crippen molar-refractivity contribution in [3.8, 4) is 0 Å². The van der Waals surface area contributed by atoms with E-state index in [4.69, 9.17) is 5.73 Å². The number of hydrogen-bond acceptors (Lipinski definition) is 7. The Bertz CT molecular complexity index is 1120. The first kappa shape index (κ1) is 20.2. The predicted molar refractivity (Wildman–Crippen MR) is 128 cm³/mol. The molecule has 4 rings (SSSR count). The molecule has 0 spiro atoms. The maximum atomic E-state index is 5.78. The lowest BCUT2D eigenvalue weighted by Crippen LogP contribution is -2.07. The second kappa shape index (κ2) is 9.13. The molecular formula is C24H25N7. The number of hydrogen-bond donors (Lipinski definition) is 4. The minimum atomic E-state index is 0.416. The summed E-state index contributed by atoms with van der Waals surface area (Å²) in [6, 6.07) is 25.4. The van der Waals surface area contributed by atoms with Gasteiger partial charge < -0.3 is 21.7 Å². The highest BCUT2D eigenvalue weighted by Gasteiger charge is 2.09. The molecule has 0 fully saturated rings. The summed E-state index contributed by atoms with van der Waals surface area (Å²) in [5.74, 6) is 1.76. The van der Waals surface area contributed by atoms with Crippen LogP contribution in [-0.2, 0) is 0 Å². The molecule has 5 N–H and O–H groups in total. The number of nitrogens with one attached hydrogen (secondary N) is 3. The third-order valence-corrected chi connectivity index (χ3v) is 4.67. The van der Waals surface area contributed by atoms with E-state index in [2.05, 4.69) is 56.9 Å². The first-order valence-corrected chi connectivity index (χ1v) is 10.1. The molecule has 3 aromatic carbocycles. The lowest BCUT2D eigenvalue weighted by molar-refractivity contribution is 0.867. The molecule has 7 heteroatoms. The van der Waals surface area contributed by atoms with Gasteiger partial charge in [0.2, 0.25) is 17.8 Å². The first-order chi connectivity index (χ1) is 15.0. The van der Waals surface area contributed by atoms with Gasteiger partial charge in [0, 0.05) is 22.7 Å². The average Bonchev–Trinajstić information content (AvgIpc) is 2.76. The number of para-hydroxylation sites is 1. The SMILES string of the molecule is CC(C)c1ccc(Nc2nc(Nc3ccccc3)nc(Nc3ccc(N)cc3)n2)cc1. The van der Waals surface area contributed by atoms with Crippen LogP contribution in [-0.4, -0.2) is 15.0 Å². The molecule has 31 heavy (non-hydrogen) atoms. The Balaban J connectivity index is 1.62. The molecule has 156 valence electrons. The largest absolute Gasteiger partial charge is 0.399 e. The molecule has 0 aliphatic heterocycles. The van der Waals surface area contributed by atoms with Gasteiger partial charge in [-0.2, -0.15) is 15.0 Å². The van der Waals surface area contributed by atoms with Crippen LogP contribution >= 0.6 is 0 Å². The lowest BCUT2D eigenvalue weighted by Gasteiger charge is -2.12. The first-order valence-electron chi connectivity index (χ1n) is 10.1. The van der Waals surface area contributed by atoms with E-state index >= 15 is 0 Å². The van der Waals surface area contributed by atoms with Crippen molar-refractivity contribution in [2.24, 2.45) is 0 Å². The van der Waals surface area contributed by atoms with Crippen LogP contribution in [0.4, 0.5) is 40.6 Å². The molecule has 7 nitrogen and oxygen atoms in total. The number of nitrogens with zero attached hydrogens (tertiary/aromatic N) is 3. The summed E-state index contributed by atoms with van der Waals surface area (Å²) in [6.07, 6.45) is 0. The Labute approximate surface area is 181 Å². The van der Waals surface area contributed by atoms with Crippen molar-refractivity contribution in [1.82, 2.24) is 15.0 Å². The van der Waals surface area contributed by atoms with Crippen molar-refractivity contribution in [2.45, 2.75) is 19.8 Å². The van der Waals surface area contributed by atoms with Crippen LogP contribution in [0.3, 0.4) is 0 Å². The van der Waals surface area contributed by atoms with Gasteiger partial charge in [0.15, 0.2) is 0 Å². The standard InChI is InChI=1S/C24H25N7/c1-16(2)17-8-12-20(13-9-17)27-23-29-22(26-19-6-4-3-5-7-19)30-24(31-23)28-21-14-10-18(25)11-15-21/h3-16H,25H2,1-2H3,(H3,26,27,28,29,30,31). The zero-order valence-electron chi connectivity index (χ0n) is 17.5. The van der Waals surface area contributed by atoms with Crippen LogP contribution in [0.5, 0.6) is 0 Å². The Morgan fingerprint density at radius 1 is 0.581 bits per heavy atom. The molecule has 4 aromatic rings. The van der Waals surface area contributed by atoms with E-state index in [0.717, 1.165) is 17.1 Å². The van der Waals surface area contributed by atoms with Gasteiger partial charge >= 0.3 is 0 Å². The highest BCUT2D eigenvalue weighted by atomic mass is 15.3. The van der Waals surface area contributed by atoms with Gasteiger partial charge in [-0.3, -0.25) is 0 Å². The molecule has 0 bridgehead atoms. The van der Waals surface area contributed by atoms with E-state index in [0.29, 0.717) is 29.5 Å². The second-order valence-electron chi connectivity index (χ2n) is 7.45. The Hall–Kier alpha value is -4.13. The highest BCUT2D eigenvalue weighted by molar-refractivity contribution is 5.63. The summed E-state index contributed by atoms with van der Waals surface area (Å²) in [4.78, 5) is 13.6. The van der Waals surface area contributed by atoms with Crippen LogP contribution in [0, 0.1) is 0 Å². The van der Waals surface area contributed by atoms with Gasteiger partial charge in [0.1, 0.15) is 0 Å². The molecule has 1 heterocycles. The van der Waals surface area contributed by atoms with Gasteiger partial charge in [0.05, 0.1) is 0 Å². The van der Waals surface area contributed by atoms with Gasteiger partial charge in [-0.25, -0.2) is 0 Å². The molecule has 0 saturated heterocycles. The Morgan fingerprint density at radius 3 is 1.45 bits per heavy atom. The zero-order chi connectivity index (χ0) is 21.6. The fourth-order valence-corrected chi connectivity index (χ4v) is 2.97. The normalized spacial score (nSPS) is 10.7. The third-order valence-electron chi connectivity index (χ3n) is 4.67. The predicted octanol–water partition coefficient (Wildman–Crippen LogP) is 5.81. The Morgan fingerprint density at radius 2 is 1.00 bits per heavy atom. The van der Waals surface area contributed by atoms with E-state index in [9.17, 15) is 0 Å². The molecule has 0 radical (unpaired) electrons. The van der Waals surface area contributed by atoms with Crippen LogP contribution < -0.4 is 21.7 Å². The van der Waals surface area contributed by atoms with Crippen LogP contribution in [0.15, 0.2) is 78.9 Å². The van der Waals surface area contributed by atoms with Crippen LogP contribution in [0.1, 0.15) is 25.3 Å². The van der Waals surface area contributed by atoms with Crippen LogP contribution in [0.2, 0.25) is 0 Å². The maximum Gasteiger partial charge on any atom is 0.233 e. The van der Waals surface area contributed by atoms with Crippen molar-refractivity contribution in [1.29, 1.82) is 0 Å².